The maximum atomic E-state index is 11.3. The van der Waals surface area contributed by atoms with Gasteiger partial charge in [0, 0.05) is 0 Å². The number of carbonyl (C=O) groups is 1. The van der Waals surface area contributed by atoms with Crippen molar-refractivity contribution in [3.05, 3.63) is 35.4 Å². The van der Waals surface area contributed by atoms with E-state index in [2.05, 4.69) is 17.4 Å². The number of piperidine rings is 1. The van der Waals surface area contributed by atoms with Crippen LogP contribution in [0.15, 0.2) is 24.3 Å². The number of esters is 1. The second-order valence-electron chi connectivity index (χ2n) is 4.97. The largest absolute Gasteiger partial charge is 0.469 e. The third kappa shape index (κ3) is 3.84. The van der Waals surface area contributed by atoms with Crippen molar-refractivity contribution in [3.63, 3.8) is 0 Å². The van der Waals surface area contributed by atoms with Crippen molar-refractivity contribution in [1.29, 1.82) is 0 Å². The summed E-state index contributed by atoms with van der Waals surface area (Å²) in [6.45, 7) is 2.26. The Hall–Kier alpha value is -1.35. The Labute approximate surface area is 109 Å². The third-order valence-corrected chi connectivity index (χ3v) is 3.55. The quantitative estimate of drug-likeness (QED) is 0.826. The first kappa shape index (κ1) is 13.1. The van der Waals surface area contributed by atoms with Gasteiger partial charge in [0.1, 0.15) is 0 Å². The minimum atomic E-state index is -0.172. The third-order valence-electron chi connectivity index (χ3n) is 3.55. The van der Waals surface area contributed by atoms with Crippen molar-refractivity contribution >= 4 is 5.97 Å². The second kappa shape index (κ2) is 6.55. The molecular weight excluding hydrogens is 226 g/mol. The van der Waals surface area contributed by atoms with E-state index >= 15 is 0 Å². The van der Waals surface area contributed by atoms with E-state index in [0.29, 0.717) is 6.42 Å². The number of methoxy groups -OCH3 is 1. The number of hydrogen-bond donors (Lipinski definition) is 1. The van der Waals surface area contributed by atoms with Crippen molar-refractivity contribution in [2.75, 3.05) is 20.2 Å². The molecule has 0 radical (unpaired) electrons. The van der Waals surface area contributed by atoms with Crippen LogP contribution < -0.4 is 5.32 Å². The summed E-state index contributed by atoms with van der Waals surface area (Å²) in [5, 5.41) is 3.38. The molecule has 0 spiro atoms. The molecule has 1 aromatic carbocycles. The summed E-state index contributed by atoms with van der Waals surface area (Å²) in [5.74, 6) is 0.605. The Morgan fingerprint density at radius 3 is 2.78 bits per heavy atom. The minimum absolute atomic E-state index is 0.172. The van der Waals surface area contributed by atoms with Crippen molar-refractivity contribution < 1.29 is 9.53 Å². The molecule has 18 heavy (non-hydrogen) atoms. The molecule has 0 bridgehead atoms. The van der Waals surface area contributed by atoms with Crippen molar-refractivity contribution in [1.82, 2.24) is 5.32 Å². The molecular formula is C15H21NO2. The molecule has 3 nitrogen and oxygen atoms in total. The molecule has 0 saturated carbocycles. The molecule has 1 heterocycles. The van der Waals surface area contributed by atoms with Gasteiger partial charge in [-0.1, -0.05) is 24.3 Å². The smallest absolute Gasteiger partial charge is 0.309 e. The average Bonchev–Trinajstić information content (AvgIpc) is 2.40. The van der Waals surface area contributed by atoms with Crippen LogP contribution in [0.3, 0.4) is 0 Å². The molecule has 1 aromatic rings. The summed E-state index contributed by atoms with van der Waals surface area (Å²) in [6, 6.07) is 8.32. The second-order valence-corrected chi connectivity index (χ2v) is 4.97. The lowest BCUT2D eigenvalue weighted by molar-refractivity contribution is -0.139. The summed E-state index contributed by atoms with van der Waals surface area (Å²) in [4.78, 5) is 11.3. The molecule has 0 aliphatic carbocycles. The van der Waals surface area contributed by atoms with Crippen LogP contribution in [0, 0.1) is 5.92 Å². The normalized spacial score (nSPS) is 16.5. The van der Waals surface area contributed by atoms with Gasteiger partial charge in [0.25, 0.3) is 0 Å². The number of ether oxygens (including phenoxy) is 1. The van der Waals surface area contributed by atoms with E-state index < -0.39 is 0 Å². The van der Waals surface area contributed by atoms with E-state index in [-0.39, 0.29) is 5.97 Å². The fourth-order valence-electron chi connectivity index (χ4n) is 2.52. The van der Waals surface area contributed by atoms with Gasteiger partial charge in [-0.15, -0.1) is 0 Å². The van der Waals surface area contributed by atoms with Gasteiger partial charge in [-0.25, -0.2) is 0 Å². The molecule has 0 aromatic heterocycles. The Kier molecular flexibility index (Phi) is 4.76. The minimum Gasteiger partial charge on any atom is -0.469 e. The summed E-state index contributed by atoms with van der Waals surface area (Å²) in [6.07, 6.45) is 4.00. The highest BCUT2D eigenvalue weighted by atomic mass is 16.5. The number of hydrogen-bond acceptors (Lipinski definition) is 3. The van der Waals surface area contributed by atoms with Gasteiger partial charge in [-0.05, 0) is 49.4 Å². The van der Waals surface area contributed by atoms with Gasteiger partial charge in [0.05, 0.1) is 13.5 Å². The number of benzene rings is 1. The molecule has 0 atom stereocenters. The van der Waals surface area contributed by atoms with E-state index in [4.69, 9.17) is 4.74 Å². The van der Waals surface area contributed by atoms with E-state index in [9.17, 15) is 4.79 Å². The summed E-state index contributed by atoms with van der Waals surface area (Å²) in [7, 11) is 1.43. The molecule has 1 aliphatic rings. The zero-order valence-corrected chi connectivity index (χ0v) is 10.9. The van der Waals surface area contributed by atoms with E-state index in [1.165, 1.54) is 25.5 Å². The van der Waals surface area contributed by atoms with Gasteiger partial charge < -0.3 is 10.1 Å². The van der Waals surface area contributed by atoms with Gasteiger partial charge in [-0.2, -0.15) is 0 Å². The van der Waals surface area contributed by atoms with Crippen LogP contribution in [0.1, 0.15) is 24.0 Å². The van der Waals surface area contributed by atoms with Gasteiger partial charge in [0.2, 0.25) is 0 Å². The van der Waals surface area contributed by atoms with Gasteiger partial charge in [0.15, 0.2) is 0 Å². The zero-order chi connectivity index (χ0) is 12.8. The first-order chi connectivity index (χ1) is 8.78. The monoisotopic (exact) mass is 247 g/mol. The predicted octanol–water partition coefficient (Wildman–Crippen LogP) is 1.94. The standard InChI is InChI=1S/C15H21NO2/c1-18-15(17)11-14-4-2-3-13(10-14)9-12-5-7-16-8-6-12/h2-4,10,12,16H,5-9,11H2,1H3. The predicted molar refractivity (Wildman–Crippen MR) is 71.5 cm³/mol. The van der Waals surface area contributed by atoms with Crippen LogP contribution in [0.25, 0.3) is 0 Å². The average molecular weight is 247 g/mol. The molecule has 0 amide bonds. The van der Waals surface area contributed by atoms with Crippen LogP contribution in [0.5, 0.6) is 0 Å². The number of carbonyl (C=O) groups excluding carboxylic acids is 1. The Balaban J connectivity index is 1.95. The SMILES string of the molecule is COC(=O)Cc1cccc(CC2CCNCC2)c1. The van der Waals surface area contributed by atoms with Crippen LogP contribution in [-0.2, 0) is 22.4 Å². The Morgan fingerprint density at radius 2 is 2.06 bits per heavy atom. The number of nitrogens with one attached hydrogen (secondary N) is 1. The van der Waals surface area contributed by atoms with Crippen LogP contribution in [0.4, 0.5) is 0 Å². The molecule has 1 N–H and O–H groups in total. The zero-order valence-electron chi connectivity index (χ0n) is 10.9. The fraction of sp³-hybridized carbons (Fsp3) is 0.533. The highest BCUT2D eigenvalue weighted by Gasteiger charge is 2.13. The number of rotatable bonds is 4. The summed E-state index contributed by atoms with van der Waals surface area (Å²) >= 11 is 0. The van der Waals surface area contributed by atoms with Crippen molar-refractivity contribution in [3.8, 4) is 0 Å². The fourth-order valence-corrected chi connectivity index (χ4v) is 2.52. The lowest BCUT2D eigenvalue weighted by atomic mass is 9.90. The molecule has 2 rings (SSSR count). The van der Waals surface area contributed by atoms with Gasteiger partial charge in [-0.3, -0.25) is 4.79 Å². The molecule has 3 heteroatoms. The first-order valence-corrected chi connectivity index (χ1v) is 6.63. The summed E-state index contributed by atoms with van der Waals surface area (Å²) in [5.41, 5.74) is 2.39. The van der Waals surface area contributed by atoms with E-state index in [1.54, 1.807) is 0 Å². The maximum Gasteiger partial charge on any atom is 0.309 e. The maximum absolute atomic E-state index is 11.3. The van der Waals surface area contributed by atoms with Crippen LogP contribution in [-0.4, -0.2) is 26.2 Å². The lowest BCUT2D eigenvalue weighted by Crippen LogP contribution is -2.28. The first-order valence-electron chi connectivity index (χ1n) is 6.63. The topological polar surface area (TPSA) is 38.3 Å². The highest BCUT2D eigenvalue weighted by molar-refractivity contribution is 5.72. The van der Waals surface area contributed by atoms with Crippen LogP contribution >= 0.6 is 0 Å². The molecule has 98 valence electrons. The molecule has 0 unspecified atom stereocenters. The molecule has 1 saturated heterocycles. The lowest BCUT2D eigenvalue weighted by Gasteiger charge is -2.22. The molecule has 1 fully saturated rings. The van der Waals surface area contributed by atoms with Crippen LogP contribution in [0.2, 0.25) is 0 Å². The van der Waals surface area contributed by atoms with E-state index in [0.717, 1.165) is 31.0 Å². The van der Waals surface area contributed by atoms with Crippen molar-refractivity contribution in [2.45, 2.75) is 25.7 Å². The van der Waals surface area contributed by atoms with E-state index in [1.807, 2.05) is 12.1 Å². The Morgan fingerprint density at radius 1 is 1.33 bits per heavy atom. The Bertz CT molecular complexity index is 397. The highest BCUT2D eigenvalue weighted by Crippen LogP contribution is 2.18. The molecule has 1 aliphatic heterocycles. The van der Waals surface area contributed by atoms with Crippen molar-refractivity contribution in [2.24, 2.45) is 5.92 Å². The summed E-state index contributed by atoms with van der Waals surface area (Å²) < 4.78 is 4.70. The van der Waals surface area contributed by atoms with Gasteiger partial charge >= 0.3 is 5.97 Å².